The summed E-state index contributed by atoms with van der Waals surface area (Å²) in [6.07, 6.45) is 1.02. The Balaban J connectivity index is 1.80. The first kappa shape index (κ1) is 32.5. The molecule has 0 aliphatic rings. The molecule has 0 bridgehead atoms. The molecule has 0 radical (unpaired) electrons. The van der Waals surface area contributed by atoms with Gasteiger partial charge in [-0.15, -0.1) is 0 Å². The number of hydrogen-bond acceptors (Lipinski definition) is 4. The Kier molecular flexibility index (Phi) is 11.0. The number of rotatable bonds is 13. The molecule has 4 rings (SSSR count). The van der Waals surface area contributed by atoms with Crippen molar-refractivity contribution < 1.29 is 18.0 Å². The van der Waals surface area contributed by atoms with Crippen molar-refractivity contribution in [2.75, 3.05) is 17.4 Å². The number of hydrogen-bond donors (Lipinski definition) is 1. The second-order valence-electron chi connectivity index (χ2n) is 11.1. The van der Waals surface area contributed by atoms with Crippen molar-refractivity contribution >= 4 is 27.5 Å². The van der Waals surface area contributed by atoms with Crippen LogP contribution in [0.1, 0.15) is 41.2 Å². The number of nitrogens with one attached hydrogen (secondary N) is 1. The van der Waals surface area contributed by atoms with Crippen molar-refractivity contribution in [1.82, 2.24) is 10.2 Å². The Hall–Kier alpha value is -4.43. The van der Waals surface area contributed by atoms with Crippen LogP contribution in [0.4, 0.5) is 5.69 Å². The van der Waals surface area contributed by atoms with Crippen molar-refractivity contribution in [3.63, 3.8) is 0 Å². The lowest BCUT2D eigenvalue weighted by atomic mass is 10.0. The SMILES string of the molecule is CCCNC(=O)C(Cc1ccccc1)N(Cc1cccc(C)c1)C(=O)CN(c1ccccc1C)S(=O)(=O)c1ccc(C)cc1. The molecule has 0 aromatic heterocycles. The molecule has 0 saturated carbocycles. The zero-order valence-corrected chi connectivity index (χ0v) is 26.7. The minimum absolute atomic E-state index is 0.0888. The van der Waals surface area contributed by atoms with E-state index in [1.54, 1.807) is 36.4 Å². The monoisotopic (exact) mass is 611 g/mol. The number of amides is 2. The fourth-order valence-electron chi connectivity index (χ4n) is 5.12. The van der Waals surface area contributed by atoms with Gasteiger partial charge in [-0.25, -0.2) is 8.42 Å². The maximum atomic E-state index is 14.5. The average Bonchev–Trinajstić information content (AvgIpc) is 3.01. The van der Waals surface area contributed by atoms with Gasteiger partial charge >= 0.3 is 0 Å². The second kappa shape index (κ2) is 14.8. The van der Waals surface area contributed by atoms with Crippen LogP contribution in [0.25, 0.3) is 0 Å². The van der Waals surface area contributed by atoms with Crippen LogP contribution >= 0.6 is 0 Å². The first-order valence-corrected chi connectivity index (χ1v) is 16.4. The smallest absolute Gasteiger partial charge is 0.264 e. The topological polar surface area (TPSA) is 86.8 Å². The predicted octanol–water partition coefficient (Wildman–Crippen LogP) is 5.97. The van der Waals surface area contributed by atoms with Crippen molar-refractivity contribution in [2.45, 2.75) is 58.0 Å². The van der Waals surface area contributed by atoms with Gasteiger partial charge in [0.2, 0.25) is 11.8 Å². The van der Waals surface area contributed by atoms with Crippen molar-refractivity contribution in [3.05, 3.63) is 131 Å². The molecule has 44 heavy (non-hydrogen) atoms. The number of carbonyl (C=O) groups excluding carboxylic acids is 2. The third kappa shape index (κ3) is 8.14. The standard InChI is InChI=1S/C36H41N3O4S/c1-5-22-37-36(41)34(24-30-14-7-6-8-15-30)38(25-31-16-11-12-28(3)23-31)35(40)26-39(33-17-10-9-13-29(33)4)44(42,43)32-20-18-27(2)19-21-32/h6-21,23,34H,5,22,24-26H2,1-4H3,(H,37,41). The summed E-state index contributed by atoms with van der Waals surface area (Å²) >= 11 is 0. The lowest BCUT2D eigenvalue weighted by molar-refractivity contribution is -0.140. The van der Waals surface area contributed by atoms with E-state index in [4.69, 9.17) is 0 Å². The first-order chi connectivity index (χ1) is 21.1. The molecule has 7 nitrogen and oxygen atoms in total. The van der Waals surface area contributed by atoms with Gasteiger partial charge < -0.3 is 10.2 Å². The molecule has 1 N–H and O–H groups in total. The predicted molar refractivity (Wildman–Crippen MR) is 176 cm³/mol. The van der Waals surface area contributed by atoms with Gasteiger partial charge in [0.15, 0.2) is 0 Å². The van der Waals surface area contributed by atoms with Crippen LogP contribution in [0.15, 0.2) is 108 Å². The molecule has 8 heteroatoms. The molecule has 1 atom stereocenters. The minimum Gasteiger partial charge on any atom is -0.354 e. The van der Waals surface area contributed by atoms with E-state index in [0.29, 0.717) is 17.8 Å². The van der Waals surface area contributed by atoms with E-state index in [0.717, 1.165) is 28.7 Å². The fourth-order valence-corrected chi connectivity index (χ4v) is 6.60. The number of sulfonamides is 1. The van der Waals surface area contributed by atoms with Gasteiger partial charge in [0, 0.05) is 19.5 Å². The number of para-hydroxylation sites is 1. The summed E-state index contributed by atoms with van der Waals surface area (Å²) < 4.78 is 29.5. The maximum absolute atomic E-state index is 14.5. The largest absolute Gasteiger partial charge is 0.354 e. The van der Waals surface area contributed by atoms with Crippen LogP contribution in [0, 0.1) is 20.8 Å². The zero-order valence-electron chi connectivity index (χ0n) is 25.9. The summed E-state index contributed by atoms with van der Waals surface area (Å²) in [6, 6.07) is 30.2. The van der Waals surface area contributed by atoms with E-state index in [-0.39, 0.29) is 23.8 Å². The third-order valence-corrected chi connectivity index (χ3v) is 9.30. The van der Waals surface area contributed by atoms with Crippen LogP contribution < -0.4 is 9.62 Å². The van der Waals surface area contributed by atoms with E-state index >= 15 is 0 Å². The van der Waals surface area contributed by atoms with E-state index in [2.05, 4.69) is 5.32 Å². The number of anilines is 1. The molecule has 0 aliphatic carbocycles. The van der Waals surface area contributed by atoms with Crippen molar-refractivity contribution in [3.8, 4) is 0 Å². The number of benzene rings is 4. The molecular formula is C36H41N3O4S. The zero-order chi connectivity index (χ0) is 31.7. The summed E-state index contributed by atoms with van der Waals surface area (Å²) in [4.78, 5) is 29.9. The third-order valence-electron chi connectivity index (χ3n) is 7.53. The Morgan fingerprint density at radius 2 is 1.43 bits per heavy atom. The molecule has 0 fully saturated rings. The highest BCUT2D eigenvalue weighted by molar-refractivity contribution is 7.92. The van der Waals surface area contributed by atoms with Crippen molar-refractivity contribution in [1.29, 1.82) is 0 Å². The average molecular weight is 612 g/mol. The van der Waals surface area contributed by atoms with Gasteiger partial charge in [0.05, 0.1) is 10.6 Å². The highest BCUT2D eigenvalue weighted by atomic mass is 32.2. The normalized spacial score (nSPS) is 11.9. The van der Waals surface area contributed by atoms with Gasteiger partial charge in [-0.3, -0.25) is 13.9 Å². The molecule has 230 valence electrons. The Morgan fingerprint density at radius 1 is 0.773 bits per heavy atom. The summed E-state index contributed by atoms with van der Waals surface area (Å²) in [6.45, 7) is 7.78. The van der Waals surface area contributed by atoms with E-state index < -0.39 is 28.5 Å². The molecule has 4 aromatic rings. The van der Waals surface area contributed by atoms with Crippen LogP contribution in [0.2, 0.25) is 0 Å². The summed E-state index contributed by atoms with van der Waals surface area (Å²) in [7, 11) is -4.14. The molecular weight excluding hydrogens is 570 g/mol. The first-order valence-electron chi connectivity index (χ1n) is 14.9. The van der Waals surface area contributed by atoms with Crippen LogP contribution in [0.5, 0.6) is 0 Å². The van der Waals surface area contributed by atoms with Crippen LogP contribution in [-0.2, 0) is 32.6 Å². The minimum atomic E-state index is -4.14. The van der Waals surface area contributed by atoms with E-state index in [9.17, 15) is 18.0 Å². The van der Waals surface area contributed by atoms with Crippen LogP contribution in [-0.4, -0.2) is 44.3 Å². The van der Waals surface area contributed by atoms with Gasteiger partial charge in [-0.05, 0) is 62.1 Å². The van der Waals surface area contributed by atoms with Crippen LogP contribution in [0.3, 0.4) is 0 Å². The van der Waals surface area contributed by atoms with Crippen molar-refractivity contribution in [2.24, 2.45) is 0 Å². The Bertz CT molecular complexity index is 1670. The summed E-state index contributed by atoms with van der Waals surface area (Å²) in [5, 5.41) is 2.98. The molecule has 1 unspecified atom stereocenters. The molecule has 4 aromatic carbocycles. The number of carbonyl (C=O) groups is 2. The lowest BCUT2D eigenvalue weighted by Gasteiger charge is -2.34. The molecule has 2 amide bonds. The van der Waals surface area contributed by atoms with E-state index in [1.165, 1.54) is 9.21 Å². The summed E-state index contributed by atoms with van der Waals surface area (Å²) in [5.41, 5.74) is 4.81. The van der Waals surface area contributed by atoms with Gasteiger partial charge in [-0.2, -0.15) is 0 Å². The number of nitrogens with zero attached hydrogens (tertiary/aromatic N) is 2. The lowest BCUT2D eigenvalue weighted by Crippen LogP contribution is -2.53. The highest BCUT2D eigenvalue weighted by Crippen LogP contribution is 2.28. The van der Waals surface area contributed by atoms with Gasteiger partial charge in [0.25, 0.3) is 10.0 Å². The van der Waals surface area contributed by atoms with E-state index in [1.807, 2.05) is 94.4 Å². The van der Waals surface area contributed by atoms with Gasteiger partial charge in [-0.1, -0.05) is 103 Å². The maximum Gasteiger partial charge on any atom is 0.264 e. The molecule has 0 spiro atoms. The highest BCUT2D eigenvalue weighted by Gasteiger charge is 2.35. The molecule has 0 aliphatic heterocycles. The second-order valence-corrected chi connectivity index (χ2v) is 13.0. The quantitative estimate of drug-likeness (QED) is 0.202. The van der Waals surface area contributed by atoms with Gasteiger partial charge in [0.1, 0.15) is 12.6 Å². The fraction of sp³-hybridized carbons (Fsp3) is 0.278. The molecule has 0 saturated heterocycles. The molecule has 0 heterocycles. The Morgan fingerprint density at radius 3 is 2.09 bits per heavy atom. The number of aryl methyl sites for hydroxylation is 3. The Labute approximate surface area is 261 Å². The summed E-state index contributed by atoms with van der Waals surface area (Å²) in [5.74, 6) is -0.751.